The predicted molar refractivity (Wildman–Crippen MR) is 76.5 cm³/mol. The SMILES string of the molecule is CSc1ccc2c(c1)C(O)c1ccccc1C(F)(F)C2(F)F. The van der Waals surface area contributed by atoms with E-state index in [2.05, 4.69) is 0 Å². The number of aliphatic hydroxyl groups excluding tert-OH is 1. The Bertz CT molecular complexity index is 730. The third-order valence-corrected chi connectivity index (χ3v) is 4.60. The first-order valence-corrected chi connectivity index (χ1v) is 7.74. The number of hydrogen-bond acceptors (Lipinski definition) is 2. The first kappa shape index (κ1) is 15.4. The number of benzene rings is 2. The molecule has 0 spiro atoms. The lowest BCUT2D eigenvalue weighted by Gasteiger charge is -2.27. The van der Waals surface area contributed by atoms with E-state index in [4.69, 9.17) is 0 Å². The van der Waals surface area contributed by atoms with Crippen molar-refractivity contribution in [1.29, 1.82) is 0 Å². The zero-order valence-corrected chi connectivity index (χ0v) is 12.3. The number of alkyl halides is 4. The Labute approximate surface area is 129 Å². The van der Waals surface area contributed by atoms with Crippen molar-refractivity contribution >= 4 is 11.8 Å². The van der Waals surface area contributed by atoms with E-state index in [0.29, 0.717) is 4.90 Å². The van der Waals surface area contributed by atoms with Gasteiger partial charge in [-0.1, -0.05) is 30.3 Å². The number of aliphatic hydroxyl groups is 1. The molecule has 3 rings (SSSR count). The maximum absolute atomic E-state index is 14.5. The second kappa shape index (κ2) is 4.99. The topological polar surface area (TPSA) is 20.2 Å². The smallest absolute Gasteiger partial charge is 0.340 e. The van der Waals surface area contributed by atoms with Crippen LogP contribution in [0.2, 0.25) is 0 Å². The van der Waals surface area contributed by atoms with Crippen molar-refractivity contribution in [3.05, 3.63) is 64.7 Å². The van der Waals surface area contributed by atoms with Crippen molar-refractivity contribution in [2.75, 3.05) is 6.26 Å². The Kier molecular flexibility index (Phi) is 3.49. The zero-order chi connectivity index (χ0) is 16.1. The summed E-state index contributed by atoms with van der Waals surface area (Å²) in [5.41, 5.74) is -2.04. The van der Waals surface area contributed by atoms with E-state index in [1.807, 2.05) is 0 Å². The van der Waals surface area contributed by atoms with Crippen LogP contribution in [0.25, 0.3) is 0 Å². The van der Waals surface area contributed by atoms with Crippen LogP contribution >= 0.6 is 11.8 Å². The first-order chi connectivity index (χ1) is 10.3. The van der Waals surface area contributed by atoms with Crippen molar-refractivity contribution in [2.24, 2.45) is 0 Å². The molecule has 0 aromatic heterocycles. The number of thioether (sulfide) groups is 1. The Morgan fingerprint density at radius 2 is 1.50 bits per heavy atom. The summed E-state index contributed by atoms with van der Waals surface area (Å²) in [6.07, 6.45) is 0.225. The second-order valence-corrected chi connectivity index (χ2v) is 5.97. The third-order valence-electron chi connectivity index (χ3n) is 3.88. The molecule has 22 heavy (non-hydrogen) atoms. The minimum absolute atomic E-state index is 0.179. The second-order valence-electron chi connectivity index (χ2n) is 5.09. The molecule has 0 aliphatic heterocycles. The monoisotopic (exact) mass is 328 g/mol. The van der Waals surface area contributed by atoms with Crippen LogP contribution in [0.3, 0.4) is 0 Å². The van der Waals surface area contributed by atoms with Gasteiger partial charge in [-0.3, -0.25) is 0 Å². The van der Waals surface area contributed by atoms with Crippen molar-refractivity contribution in [2.45, 2.75) is 22.8 Å². The summed E-state index contributed by atoms with van der Waals surface area (Å²) in [5.74, 6) is -8.79. The summed E-state index contributed by atoms with van der Waals surface area (Å²) in [6.45, 7) is 0. The van der Waals surface area contributed by atoms with Crippen LogP contribution in [0.1, 0.15) is 28.4 Å². The summed E-state index contributed by atoms with van der Waals surface area (Å²) < 4.78 is 57.7. The Hall–Kier alpha value is -1.53. The van der Waals surface area contributed by atoms with Crippen LogP contribution in [0.4, 0.5) is 17.6 Å². The number of hydrogen-bond donors (Lipinski definition) is 1. The van der Waals surface area contributed by atoms with Gasteiger partial charge >= 0.3 is 11.8 Å². The third kappa shape index (κ3) is 1.97. The summed E-state index contributed by atoms with van der Waals surface area (Å²) in [6, 6.07) is 8.58. The molecular weight excluding hydrogens is 316 g/mol. The number of halogens is 4. The molecule has 0 saturated heterocycles. The van der Waals surface area contributed by atoms with Crippen LogP contribution in [-0.4, -0.2) is 11.4 Å². The molecule has 0 radical (unpaired) electrons. The van der Waals surface area contributed by atoms with Gasteiger partial charge in [0.05, 0.1) is 0 Å². The van der Waals surface area contributed by atoms with Crippen LogP contribution in [0.5, 0.6) is 0 Å². The molecule has 6 heteroatoms. The molecule has 0 saturated carbocycles. The molecule has 0 heterocycles. The molecule has 1 nitrogen and oxygen atoms in total. The normalized spacial score (nSPS) is 21.6. The summed E-state index contributed by atoms with van der Waals surface area (Å²) in [7, 11) is 0. The van der Waals surface area contributed by atoms with E-state index in [9.17, 15) is 22.7 Å². The Morgan fingerprint density at radius 3 is 2.14 bits per heavy atom. The highest BCUT2D eigenvalue weighted by molar-refractivity contribution is 7.98. The van der Waals surface area contributed by atoms with Gasteiger partial charge in [0.1, 0.15) is 6.10 Å². The average Bonchev–Trinajstić information content (AvgIpc) is 2.56. The fraction of sp³-hybridized carbons (Fsp3) is 0.250. The lowest BCUT2D eigenvalue weighted by molar-refractivity contribution is -0.223. The standard InChI is InChI=1S/C16H12F4OS/c1-22-9-6-7-13-11(8-9)14(21)10-4-2-3-5-12(10)15(17,18)16(13,19)20/h2-8,14,21H,1H3. The molecule has 0 fully saturated rings. The highest BCUT2D eigenvalue weighted by atomic mass is 32.2. The van der Waals surface area contributed by atoms with Crippen LogP contribution in [0, 0.1) is 0 Å². The summed E-state index contributed by atoms with van der Waals surface area (Å²) in [5, 5.41) is 10.4. The first-order valence-electron chi connectivity index (χ1n) is 6.52. The molecule has 2 aromatic rings. The molecular formula is C16H12F4OS. The largest absolute Gasteiger partial charge is 0.384 e. The fourth-order valence-electron chi connectivity index (χ4n) is 2.71. The Balaban J connectivity index is 2.38. The van der Waals surface area contributed by atoms with E-state index in [1.165, 1.54) is 42.1 Å². The van der Waals surface area contributed by atoms with Gasteiger partial charge in [0.15, 0.2) is 0 Å². The quantitative estimate of drug-likeness (QED) is 0.605. The van der Waals surface area contributed by atoms with Crippen molar-refractivity contribution in [1.82, 2.24) is 0 Å². The van der Waals surface area contributed by atoms with E-state index in [0.717, 1.165) is 12.1 Å². The van der Waals surface area contributed by atoms with Crippen LogP contribution in [0.15, 0.2) is 47.4 Å². The molecule has 0 amide bonds. The van der Waals surface area contributed by atoms with Gasteiger partial charge in [0.25, 0.3) is 0 Å². The molecule has 1 atom stereocenters. The van der Waals surface area contributed by atoms with E-state index in [-0.39, 0.29) is 11.1 Å². The van der Waals surface area contributed by atoms with E-state index >= 15 is 0 Å². The van der Waals surface area contributed by atoms with Gasteiger partial charge in [-0.05, 0) is 29.5 Å². The van der Waals surface area contributed by atoms with Crippen molar-refractivity contribution in [3.8, 4) is 0 Å². The van der Waals surface area contributed by atoms with E-state index in [1.54, 1.807) is 6.26 Å². The van der Waals surface area contributed by atoms with Gasteiger partial charge < -0.3 is 5.11 Å². The molecule has 1 unspecified atom stereocenters. The minimum Gasteiger partial charge on any atom is -0.384 e. The van der Waals surface area contributed by atoms with Gasteiger partial charge in [0.2, 0.25) is 0 Å². The lowest BCUT2D eigenvalue weighted by Crippen LogP contribution is -2.35. The molecule has 0 bridgehead atoms. The predicted octanol–water partition coefficient (Wildman–Crippen LogP) is 4.69. The van der Waals surface area contributed by atoms with Crippen LogP contribution < -0.4 is 0 Å². The molecule has 1 aliphatic carbocycles. The van der Waals surface area contributed by atoms with Gasteiger partial charge in [-0.15, -0.1) is 11.8 Å². The van der Waals surface area contributed by atoms with Crippen molar-refractivity contribution in [3.63, 3.8) is 0 Å². The highest BCUT2D eigenvalue weighted by Gasteiger charge is 2.62. The molecule has 2 aromatic carbocycles. The van der Waals surface area contributed by atoms with Gasteiger partial charge in [-0.2, -0.15) is 17.6 Å². The van der Waals surface area contributed by atoms with E-state index < -0.39 is 29.1 Å². The van der Waals surface area contributed by atoms with Gasteiger partial charge in [-0.25, -0.2) is 0 Å². The maximum Gasteiger partial charge on any atom is 0.340 e. The minimum atomic E-state index is -4.40. The lowest BCUT2D eigenvalue weighted by atomic mass is 9.96. The molecule has 1 aliphatic rings. The maximum atomic E-state index is 14.5. The highest BCUT2D eigenvalue weighted by Crippen LogP contribution is 2.55. The number of fused-ring (bicyclic) bond motifs is 2. The summed E-state index contributed by atoms with van der Waals surface area (Å²) >= 11 is 1.29. The molecule has 116 valence electrons. The number of rotatable bonds is 1. The fourth-order valence-corrected chi connectivity index (χ4v) is 3.16. The molecule has 1 N–H and O–H groups in total. The summed E-state index contributed by atoms with van der Waals surface area (Å²) in [4.78, 5) is 0.622. The Morgan fingerprint density at radius 1 is 0.909 bits per heavy atom. The zero-order valence-electron chi connectivity index (χ0n) is 11.5. The van der Waals surface area contributed by atoms with Gasteiger partial charge in [0, 0.05) is 16.0 Å². The average molecular weight is 328 g/mol. The van der Waals surface area contributed by atoms with Crippen LogP contribution in [-0.2, 0) is 11.8 Å². The van der Waals surface area contributed by atoms with Crippen molar-refractivity contribution < 1.29 is 22.7 Å².